The molecule has 0 N–H and O–H groups in total. The third-order valence-electron chi connectivity index (χ3n) is 10.4. The van der Waals surface area contributed by atoms with Crippen LogP contribution in [0.2, 0.25) is 0 Å². The van der Waals surface area contributed by atoms with E-state index < -0.39 is 0 Å². The molecular weight excluding hydrogens is 576 g/mol. The van der Waals surface area contributed by atoms with Gasteiger partial charge in [-0.2, -0.15) is 0 Å². The lowest BCUT2D eigenvalue weighted by Gasteiger charge is -2.39. The molecule has 1 rings (SSSR count). The smallest absolute Gasteiger partial charge is 0.222 e. The zero-order valence-corrected chi connectivity index (χ0v) is 32.3. The lowest BCUT2D eigenvalue weighted by Crippen LogP contribution is -2.55. The van der Waals surface area contributed by atoms with E-state index in [2.05, 4.69) is 50.1 Å². The molecule has 276 valence electrons. The summed E-state index contributed by atoms with van der Waals surface area (Å²) in [5, 5.41) is 0. The summed E-state index contributed by atoms with van der Waals surface area (Å²) in [4.78, 5) is 15.5. The Kier molecular flexibility index (Phi) is 31.2. The topological polar surface area (TPSA) is 29.5 Å². The van der Waals surface area contributed by atoms with E-state index in [9.17, 15) is 4.79 Å². The number of carbonyl (C=O) groups excluding carboxylic acids is 1. The molecule has 4 heteroatoms. The first-order valence-corrected chi connectivity index (χ1v) is 21.1. The molecular formula is C43H83N2O2+. The van der Waals surface area contributed by atoms with E-state index in [0.29, 0.717) is 5.91 Å². The maximum atomic E-state index is 13.3. The summed E-state index contributed by atoms with van der Waals surface area (Å²) in [6.07, 6.45) is 45.9. The maximum absolute atomic E-state index is 13.3. The van der Waals surface area contributed by atoms with Crippen molar-refractivity contribution in [2.45, 2.75) is 194 Å². The maximum Gasteiger partial charge on any atom is 0.222 e. The molecule has 1 aliphatic rings. The van der Waals surface area contributed by atoms with Gasteiger partial charge in [0.05, 0.1) is 33.4 Å². The Bertz CT molecular complexity index is 727. The van der Waals surface area contributed by atoms with Gasteiger partial charge >= 0.3 is 0 Å². The van der Waals surface area contributed by atoms with Crippen LogP contribution in [0.1, 0.15) is 194 Å². The van der Waals surface area contributed by atoms with Crippen LogP contribution >= 0.6 is 0 Å². The molecule has 0 radical (unpaired) electrons. The minimum absolute atomic E-state index is 0.398. The Morgan fingerprint density at radius 1 is 0.532 bits per heavy atom. The molecule has 4 nitrogen and oxygen atoms in total. The number of unbranched alkanes of at least 4 members (excludes halogenated alkanes) is 23. The molecule has 1 fully saturated rings. The van der Waals surface area contributed by atoms with Crippen LogP contribution in [0.15, 0.2) is 24.3 Å². The number of hydrogen-bond donors (Lipinski definition) is 0. The highest BCUT2D eigenvalue weighted by Crippen LogP contribution is 2.15. The first kappa shape index (κ1) is 43.9. The highest BCUT2D eigenvalue weighted by molar-refractivity contribution is 5.76. The molecule has 47 heavy (non-hydrogen) atoms. The molecule has 0 aromatic rings. The summed E-state index contributed by atoms with van der Waals surface area (Å²) in [6, 6.07) is 0. The average molecular weight is 660 g/mol. The van der Waals surface area contributed by atoms with Crippen LogP contribution in [0, 0.1) is 0 Å². The fourth-order valence-corrected chi connectivity index (χ4v) is 6.79. The van der Waals surface area contributed by atoms with E-state index in [0.717, 1.165) is 69.7 Å². The fraction of sp³-hybridized carbons (Fsp3) is 0.884. The monoisotopic (exact) mass is 660 g/mol. The van der Waals surface area contributed by atoms with Gasteiger partial charge in [-0.15, -0.1) is 0 Å². The lowest BCUT2D eigenvalue weighted by molar-refractivity contribution is -0.916. The number of nitrogens with zero attached hydrogens (tertiary/aromatic N) is 2. The summed E-state index contributed by atoms with van der Waals surface area (Å²) in [5.74, 6) is 0.398. The molecule has 1 heterocycles. The molecule has 0 unspecified atom stereocenters. The van der Waals surface area contributed by atoms with E-state index in [-0.39, 0.29) is 0 Å². The van der Waals surface area contributed by atoms with Crippen LogP contribution in [0.4, 0.5) is 0 Å². The molecule has 0 saturated carbocycles. The first-order valence-electron chi connectivity index (χ1n) is 21.1. The molecule has 0 atom stereocenters. The number of rotatable bonds is 34. The quantitative estimate of drug-likeness (QED) is 0.0391. The van der Waals surface area contributed by atoms with E-state index in [1.54, 1.807) is 0 Å². The minimum atomic E-state index is 0.398. The van der Waals surface area contributed by atoms with Crippen LogP contribution in [-0.4, -0.2) is 68.3 Å². The van der Waals surface area contributed by atoms with Gasteiger partial charge in [-0.25, -0.2) is 0 Å². The number of carbonyl (C=O) groups is 1. The zero-order valence-electron chi connectivity index (χ0n) is 32.3. The largest absolute Gasteiger partial charge is 0.370 e. The molecule has 0 aromatic carbocycles. The van der Waals surface area contributed by atoms with Gasteiger partial charge in [0.25, 0.3) is 0 Å². The SMILES string of the molecule is CCCCCCCC/C=C/CCCCCCCCN(CC[N+]1(C)CCOCC1)C(=O)CCCCCCC/C=C/CCCCCCCC. The Morgan fingerprint density at radius 3 is 1.36 bits per heavy atom. The predicted molar refractivity (Wildman–Crippen MR) is 207 cm³/mol. The average Bonchev–Trinajstić information content (AvgIpc) is 3.07. The summed E-state index contributed by atoms with van der Waals surface area (Å²) in [7, 11) is 2.35. The Hall–Kier alpha value is -1.13. The van der Waals surface area contributed by atoms with E-state index in [4.69, 9.17) is 4.74 Å². The highest BCUT2D eigenvalue weighted by Gasteiger charge is 2.26. The van der Waals surface area contributed by atoms with Crippen LogP contribution in [0.5, 0.6) is 0 Å². The van der Waals surface area contributed by atoms with Gasteiger partial charge in [0.2, 0.25) is 5.91 Å². The number of quaternary nitrogens is 1. The van der Waals surface area contributed by atoms with E-state index in [1.165, 1.54) is 161 Å². The van der Waals surface area contributed by atoms with Crippen molar-refractivity contribution in [1.29, 1.82) is 0 Å². The van der Waals surface area contributed by atoms with Crippen molar-refractivity contribution in [2.75, 3.05) is 53.0 Å². The summed E-state index contributed by atoms with van der Waals surface area (Å²) in [5.41, 5.74) is 0. The number of allylic oxidation sites excluding steroid dienone is 4. The van der Waals surface area contributed by atoms with Gasteiger partial charge < -0.3 is 14.1 Å². The van der Waals surface area contributed by atoms with Gasteiger partial charge in [-0.1, -0.05) is 147 Å². The van der Waals surface area contributed by atoms with Crippen LogP contribution in [0.25, 0.3) is 0 Å². The molecule has 0 aliphatic carbocycles. The molecule has 1 aliphatic heterocycles. The van der Waals surface area contributed by atoms with Crippen LogP contribution in [-0.2, 0) is 9.53 Å². The summed E-state index contributed by atoms with van der Waals surface area (Å²) < 4.78 is 6.66. The van der Waals surface area contributed by atoms with E-state index in [1.807, 2.05) is 0 Å². The van der Waals surface area contributed by atoms with Crippen molar-refractivity contribution in [3.05, 3.63) is 24.3 Å². The molecule has 1 saturated heterocycles. The summed E-state index contributed by atoms with van der Waals surface area (Å²) >= 11 is 0. The number of hydrogen-bond acceptors (Lipinski definition) is 2. The standard InChI is InChI=1S/C43H83N2O2/c1-4-6-8-10-12-14-16-18-20-22-24-26-28-30-32-34-36-44(37-38-45(3)39-41-47-42-40-45)43(46)35-33-31-29-27-25-23-21-19-17-15-13-11-9-7-5-2/h18-21H,4-17,22-42H2,1-3H3/q+1/b20-18+,21-19+. The van der Waals surface area contributed by atoms with Crippen molar-refractivity contribution in [3.8, 4) is 0 Å². The fourth-order valence-electron chi connectivity index (χ4n) is 6.79. The summed E-state index contributed by atoms with van der Waals surface area (Å²) in [6.45, 7) is 11.3. The first-order chi connectivity index (χ1) is 23.1. The van der Waals surface area contributed by atoms with Crippen LogP contribution < -0.4 is 0 Å². The van der Waals surface area contributed by atoms with Crippen molar-refractivity contribution in [2.24, 2.45) is 0 Å². The molecule has 0 spiro atoms. The second kappa shape index (κ2) is 33.4. The van der Waals surface area contributed by atoms with Crippen molar-refractivity contribution in [3.63, 3.8) is 0 Å². The Morgan fingerprint density at radius 2 is 0.915 bits per heavy atom. The second-order valence-corrected chi connectivity index (χ2v) is 15.1. The number of amides is 1. The Labute approximate surface area is 295 Å². The molecule has 0 bridgehead atoms. The van der Waals surface area contributed by atoms with Crippen molar-refractivity contribution < 1.29 is 14.0 Å². The van der Waals surface area contributed by atoms with Gasteiger partial charge in [0.15, 0.2) is 0 Å². The van der Waals surface area contributed by atoms with Crippen molar-refractivity contribution in [1.82, 2.24) is 4.90 Å². The van der Waals surface area contributed by atoms with Gasteiger partial charge in [-0.3, -0.25) is 4.79 Å². The normalized spacial score (nSPS) is 14.9. The number of morpholine rings is 1. The third-order valence-corrected chi connectivity index (χ3v) is 10.4. The predicted octanol–water partition coefficient (Wildman–Crippen LogP) is 12.4. The van der Waals surface area contributed by atoms with Gasteiger partial charge in [-0.05, 0) is 64.2 Å². The zero-order chi connectivity index (χ0) is 33.9. The lowest BCUT2D eigenvalue weighted by atomic mass is 10.1. The van der Waals surface area contributed by atoms with Gasteiger partial charge in [0, 0.05) is 13.0 Å². The number of ether oxygens (including phenoxy) is 1. The van der Waals surface area contributed by atoms with Crippen molar-refractivity contribution >= 4 is 5.91 Å². The highest BCUT2D eigenvalue weighted by atomic mass is 16.5. The van der Waals surface area contributed by atoms with E-state index >= 15 is 0 Å². The third kappa shape index (κ3) is 28.4. The minimum Gasteiger partial charge on any atom is -0.370 e. The van der Waals surface area contributed by atoms with Crippen LogP contribution in [0.3, 0.4) is 0 Å². The Balaban J connectivity index is 2.16. The molecule has 1 amide bonds. The number of likely N-dealkylation sites (N-methyl/N-ethyl adjacent to an activating group) is 1. The second-order valence-electron chi connectivity index (χ2n) is 15.1. The van der Waals surface area contributed by atoms with Gasteiger partial charge in [0.1, 0.15) is 13.1 Å². The molecule has 0 aromatic heterocycles.